The third-order valence-electron chi connectivity index (χ3n) is 7.90. The molecule has 1 aliphatic heterocycles. The van der Waals surface area contributed by atoms with Crippen molar-refractivity contribution in [1.29, 1.82) is 0 Å². The highest BCUT2D eigenvalue weighted by Gasteiger charge is 2.60. The van der Waals surface area contributed by atoms with Crippen LogP contribution in [0.1, 0.15) is 48.5 Å². The molecule has 0 radical (unpaired) electrons. The number of methoxy groups -OCH3 is 2. The Morgan fingerprint density at radius 3 is 2.67 bits per heavy atom. The summed E-state index contributed by atoms with van der Waals surface area (Å²) < 4.78 is 10.7. The largest absolute Gasteiger partial charge is 0.493 e. The van der Waals surface area contributed by atoms with E-state index in [4.69, 9.17) is 9.47 Å². The summed E-state index contributed by atoms with van der Waals surface area (Å²) in [6.45, 7) is 2.63. The van der Waals surface area contributed by atoms with Crippen LogP contribution in [-0.4, -0.2) is 31.7 Å². The van der Waals surface area contributed by atoms with Gasteiger partial charge in [0.2, 0.25) is 5.91 Å². The summed E-state index contributed by atoms with van der Waals surface area (Å²) in [6, 6.07) is 13.3. The van der Waals surface area contributed by atoms with E-state index >= 15 is 0 Å². The number of amides is 2. The second-order valence-corrected chi connectivity index (χ2v) is 9.86. The molecule has 0 aromatic heterocycles. The number of nitrogens with one attached hydrogen (secondary N) is 3. The molecule has 4 aliphatic rings. The molecular weight excluding hydrogens is 418 g/mol. The number of carbonyl (C=O) groups is 2. The number of ether oxygens (including phenoxy) is 2. The molecule has 33 heavy (non-hydrogen) atoms. The fraction of sp³-hybridized carbons (Fsp3) is 0.462. The van der Waals surface area contributed by atoms with Gasteiger partial charge in [0, 0.05) is 24.1 Å². The van der Waals surface area contributed by atoms with Crippen LogP contribution in [0.25, 0.3) is 0 Å². The van der Waals surface area contributed by atoms with Crippen molar-refractivity contribution in [3.63, 3.8) is 0 Å². The topological polar surface area (TPSA) is 88.7 Å². The van der Waals surface area contributed by atoms with E-state index in [0.717, 1.165) is 36.9 Å². The predicted octanol–water partition coefficient (Wildman–Crippen LogP) is 3.70. The standard InChI is InChI=1S/C26H31N3O4/c1-25-11-10-17(26(15-25)28-20-7-5-4-6-18(20)23(30)29-26)13-19(25)24(31)27-14-16-8-9-21(32-2)22(12-16)33-3/h4-9,12,17,19,28H,10-11,13-15H2,1-3H3,(H,27,31)(H,29,30)/t17?,19?,25?,26-/m0/s1. The molecule has 174 valence electrons. The normalized spacial score (nSPS) is 29.6. The number of para-hydroxylation sites is 1. The highest BCUT2D eigenvalue weighted by molar-refractivity contribution is 6.02. The van der Waals surface area contributed by atoms with Crippen LogP contribution in [0.4, 0.5) is 5.69 Å². The molecule has 7 nitrogen and oxygen atoms in total. The number of hydrogen-bond donors (Lipinski definition) is 3. The average molecular weight is 450 g/mol. The highest BCUT2D eigenvalue weighted by Crippen LogP contribution is 2.58. The zero-order chi connectivity index (χ0) is 23.2. The van der Waals surface area contributed by atoms with E-state index in [1.54, 1.807) is 14.2 Å². The van der Waals surface area contributed by atoms with Crippen molar-refractivity contribution in [3.05, 3.63) is 53.6 Å². The SMILES string of the molecule is COc1ccc(CNC(=O)C2CC3CCC2(C)C[C@]32NC(=O)c3ccccc3N2)cc1OC. The van der Waals surface area contributed by atoms with E-state index in [2.05, 4.69) is 22.9 Å². The molecule has 1 spiro atoms. The first-order chi connectivity index (χ1) is 15.9. The van der Waals surface area contributed by atoms with Crippen LogP contribution in [0.5, 0.6) is 11.5 Å². The third-order valence-corrected chi connectivity index (χ3v) is 7.90. The Morgan fingerprint density at radius 1 is 1.12 bits per heavy atom. The minimum Gasteiger partial charge on any atom is -0.493 e. The summed E-state index contributed by atoms with van der Waals surface area (Å²) in [7, 11) is 3.21. The van der Waals surface area contributed by atoms with Gasteiger partial charge in [-0.3, -0.25) is 9.59 Å². The fourth-order valence-corrected chi connectivity index (χ4v) is 6.16. The number of hydrogen-bond acceptors (Lipinski definition) is 5. The first-order valence-electron chi connectivity index (χ1n) is 11.6. The van der Waals surface area contributed by atoms with E-state index in [1.807, 2.05) is 42.5 Å². The Bertz CT molecular complexity index is 1100. The number of anilines is 1. The maximum absolute atomic E-state index is 13.3. The van der Waals surface area contributed by atoms with Crippen molar-refractivity contribution >= 4 is 17.5 Å². The van der Waals surface area contributed by atoms with E-state index in [9.17, 15) is 9.59 Å². The van der Waals surface area contributed by atoms with Crippen LogP contribution in [-0.2, 0) is 11.3 Å². The van der Waals surface area contributed by atoms with E-state index < -0.39 is 5.66 Å². The number of carbonyl (C=O) groups excluding carboxylic acids is 2. The third kappa shape index (κ3) is 3.59. The number of rotatable bonds is 5. The molecule has 2 bridgehead atoms. The lowest BCUT2D eigenvalue weighted by atomic mass is 9.51. The minimum absolute atomic E-state index is 0.0324. The van der Waals surface area contributed by atoms with Crippen molar-refractivity contribution in [3.8, 4) is 11.5 Å². The van der Waals surface area contributed by atoms with Crippen molar-refractivity contribution in [2.75, 3.05) is 19.5 Å². The van der Waals surface area contributed by atoms with Crippen molar-refractivity contribution < 1.29 is 19.1 Å². The molecule has 4 atom stereocenters. The number of fused-ring (bicyclic) bond motifs is 3. The lowest BCUT2D eigenvalue weighted by Gasteiger charge is -2.60. The fourth-order valence-electron chi connectivity index (χ4n) is 6.16. The first kappa shape index (κ1) is 21.6. The Labute approximate surface area is 194 Å². The van der Waals surface area contributed by atoms with E-state index in [-0.39, 0.29) is 29.1 Å². The summed E-state index contributed by atoms with van der Waals surface area (Å²) in [6.07, 6.45) is 3.46. The lowest BCUT2D eigenvalue weighted by Crippen LogP contribution is -2.70. The molecule has 3 fully saturated rings. The molecule has 2 amide bonds. The van der Waals surface area contributed by atoms with Gasteiger partial charge in [-0.1, -0.05) is 25.1 Å². The molecular formula is C26H31N3O4. The Kier molecular flexibility index (Phi) is 5.22. The van der Waals surface area contributed by atoms with E-state index in [0.29, 0.717) is 23.6 Å². The van der Waals surface area contributed by atoms with Crippen molar-refractivity contribution in [2.45, 2.75) is 44.8 Å². The highest BCUT2D eigenvalue weighted by atomic mass is 16.5. The van der Waals surface area contributed by atoms with Gasteiger partial charge in [0.1, 0.15) is 5.66 Å². The Hall–Kier alpha value is -3.22. The monoisotopic (exact) mass is 449 g/mol. The minimum atomic E-state index is -0.488. The molecule has 2 aromatic rings. The zero-order valence-electron chi connectivity index (χ0n) is 19.4. The summed E-state index contributed by atoms with van der Waals surface area (Å²) >= 11 is 0. The number of benzene rings is 2. The molecule has 3 aliphatic carbocycles. The smallest absolute Gasteiger partial charge is 0.255 e. The van der Waals surface area contributed by atoms with Crippen LogP contribution < -0.4 is 25.4 Å². The second-order valence-electron chi connectivity index (χ2n) is 9.86. The second kappa shape index (κ2) is 7.97. The average Bonchev–Trinajstić information content (AvgIpc) is 2.82. The molecule has 0 saturated heterocycles. The van der Waals surface area contributed by atoms with Crippen molar-refractivity contribution in [1.82, 2.24) is 10.6 Å². The molecule has 7 heteroatoms. The molecule has 2 aromatic carbocycles. The van der Waals surface area contributed by atoms with Gasteiger partial charge < -0.3 is 25.4 Å². The van der Waals surface area contributed by atoms with Crippen LogP contribution in [0, 0.1) is 17.3 Å². The summed E-state index contributed by atoms with van der Waals surface area (Å²) in [5.41, 5.74) is 1.84. The molecule has 1 heterocycles. The van der Waals surface area contributed by atoms with Gasteiger partial charge in [0.15, 0.2) is 11.5 Å². The molecule has 3 N–H and O–H groups in total. The Balaban J connectivity index is 1.30. The van der Waals surface area contributed by atoms with Crippen LogP contribution in [0.15, 0.2) is 42.5 Å². The summed E-state index contributed by atoms with van der Waals surface area (Å²) in [4.78, 5) is 26.2. The maximum atomic E-state index is 13.3. The van der Waals surface area contributed by atoms with Gasteiger partial charge in [-0.05, 0) is 60.9 Å². The lowest BCUT2D eigenvalue weighted by molar-refractivity contribution is -0.139. The molecule has 6 rings (SSSR count). The maximum Gasteiger partial charge on any atom is 0.255 e. The Morgan fingerprint density at radius 2 is 1.91 bits per heavy atom. The van der Waals surface area contributed by atoms with Crippen LogP contribution in [0.3, 0.4) is 0 Å². The van der Waals surface area contributed by atoms with Gasteiger partial charge in [-0.25, -0.2) is 0 Å². The van der Waals surface area contributed by atoms with Crippen LogP contribution in [0.2, 0.25) is 0 Å². The zero-order valence-corrected chi connectivity index (χ0v) is 19.4. The first-order valence-corrected chi connectivity index (χ1v) is 11.6. The quantitative estimate of drug-likeness (QED) is 0.648. The molecule has 3 saturated carbocycles. The van der Waals surface area contributed by atoms with Crippen LogP contribution >= 0.6 is 0 Å². The van der Waals surface area contributed by atoms with Gasteiger partial charge in [-0.15, -0.1) is 0 Å². The van der Waals surface area contributed by atoms with Gasteiger partial charge in [0.05, 0.1) is 19.8 Å². The predicted molar refractivity (Wildman–Crippen MR) is 125 cm³/mol. The van der Waals surface area contributed by atoms with Gasteiger partial charge >= 0.3 is 0 Å². The van der Waals surface area contributed by atoms with Crippen molar-refractivity contribution in [2.24, 2.45) is 17.3 Å². The summed E-state index contributed by atoms with van der Waals surface area (Å²) in [5.74, 6) is 1.48. The van der Waals surface area contributed by atoms with Gasteiger partial charge in [0.25, 0.3) is 5.91 Å². The van der Waals surface area contributed by atoms with E-state index in [1.165, 1.54) is 0 Å². The molecule has 3 unspecified atom stereocenters. The van der Waals surface area contributed by atoms with Gasteiger partial charge in [-0.2, -0.15) is 0 Å². The summed E-state index contributed by atoms with van der Waals surface area (Å²) in [5, 5.41) is 10.1.